The van der Waals surface area contributed by atoms with Gasteiger partial charge in [-0.1, -0.05) is 19.4 Å². The molecule has 24 heavy (non-hydrogen) atoms. The summed E-state index contributed by atoms with van der Waals surface area (Å²) in [5.74, 6) is 1.76. The van der Waals surface area contributed by atoms with E-state index in [-0.39, 0.29) is 24.0 Å². The van der Waals surface area contributed by atoms with E-state index in [0.717, 1.165) is 31.5 Å². The van der Waals surface area contributed by atoms with Gasteiger partial charge in [0.15, 0.2) is 5.96 Å². The molecule has 0 aromatic carbocycles. The molecule has 4 nitrogen and oxygen atoms in total. The topological polar surface area (TPSA) is 30.9 Å². The van der Waals surface area contributed by atoms with Crippen molar-refractivity contribution in [3.05, 3.63) is 22.4 Å². The van der Waals surface area contributed by atoms with Crippen molar-refractivity contribution in [2.75, 3.05) is 40.3 Å². The smallest absolute Gasteiger partial charge is 0.193 e. The molecule has 0 saturated carbocycles. The lowest BCUT2D eigenvalue weighted by Gasteiger charge is -2.33. The highest BCUT2D eigenvalue weighted by Crippen LogP contribution is 2.20. The lowest BCUT2D eigenvalue weighted by Crippen LogP contribution is -2.45. The number of nitrogens with one attached hydrogen (secondary N) is 1. The van der Waals surface area contributed by atoms with E-state index in [1.165, 1.54) is 43.6 Å². The number of hydrogen-bond donors (Lipinski definition) is 1. The highest BCUT2D eigenvalue weighted by atomic mass is 127. The second-order valence-corrected chi connectivity index (χ2v) is 7.56. The van der Waals surface area contributed by atoms with Crippen LogP contribution in [0.2, 0.25) is 0 Å². The van der Waals surface area contributed by atoms with Crippen molar-refractivity contribution in [1.82, 2.24) is 15.1 Å². The van der Waals surface area contributed by atoms with Gasteiger partial charge >= 0.3 is 0 Å². The summed E-state index contributed by atoms with van der Waals surface area (Å²) in [4.78, 5) is 10.8. The van der Waals surface area contributed by atoms with E-state index in [1.54, 1.807) is 0 Å². The number of nitrogens with zero attached hydrogens (tertiary/aromatic N) is 3. The molecule has 1 unspecified atom stereocenters. The van der Waals surface area contributed by atoms with Crippen LogP contribution in [0.25, 0.3) is 0 Å². The Bertz CT molecular complexity index is 464. The highest BCUT2D eigenvalue weighted by molar-refractivity contribution is 14.0. The molecule has 0 bridgehead atoms. The van der Waals surface area contributed by atoms with Gasteiger partial charge in [-0.25, -0.2) is 0 Å². The molecule has 1 aliphatic rings. The molecular weight excluding hydrogens is 431 g/mol. The van der Waals surface area contributed by atoms with E-state index >= 15 is 0 Å². The SMILES string of the molecule is CCCCN(C)C(=NC)NCC1CCCN(Cc2cccs2)C1.I. The van der Waals surface area contributed by atoms with Crippen LogP contribution in [0.15, 0.2) is 22.5 Å². The molecule has 138 valence electrons. The number of hydrogen-bond acceptors (Lipinski definition) is 3. The van der Waals surface area contributed by atoms with Crippen LogP contribution in [0.3, 0.4) is 0 Å². The Labute approximate surface area is 168 Å². The van der Waals surface area contributed by atoms with Crippen LogP contribution in [0.5, 0.6) is 0 Å². The number of unbranched alkanes of at least 4 members (excludes halogenated alkanes) is 1. The van der Waals surface area contributed by atoms with E-state index in [1.807, 2.05) is 18.4 Å². The van der Waals surface area contributed by atoms with Gasteiger partial charge in [0, 0.05) is 45.2 Å². The van der Waals surface area contributed by atoms with Gasteiger partial charge in [-0.2, -0.15) is 0 Å². The quantitative estimate of drug-likeness (QED) is 0.378. The molecule has 0 aliphatic carbocycles. The summed E-state index contributed by atoms with van der Waals surface area (Å²) < 4.78 is 0. The minimum Gasteiger partial charge on any atom is -0.356 e. The van der Waals surface area contributed by atoms with E-state index in [9.17, 15) is 0 Å². The van der Waals surface area contributed by atoms with Crippen LogP contribution in [0.4, 0.5) is 0 Å². The van der Waals surface area contributed by atoms with Gasteiger partial charge in [0.1, 0.15) is 0 Å². The van der Waals surface area contributed by atoms with Crippen LogP contribution in [-0.2, 0) is 6.54 Å². The Morgan fingerprint density at radius 3 is 3.00 bits per heavy atom. The first kappa shape index (κ1) is 21.7. The second-order valence-electron chi connectivity index (χ2n) is 6.53. The minimum absolute atomic E-state index is 0. The first-order valence-electron chi connectivity index (χ1n) is 8.89. The summed E-state index contributed by atoms with van der Waals surface area (Å²) in [6, 6.07) is 4.40. The molecule has 0 amide bonds. The molecule has 6 heteroatoms. The average Bonchev–Trinajstić information content (AvgIpc) is 3.06. The summed E-state index contributed by atoms with van der Waals surface area (Å²) in [7, 11) is 4.02. The molecule has 2 rings (SSSR count). The third kappa shape index (κ3) is 7.27. The fourth-order valence-electron chi connectivity index (χ4n) is 3.21. The molecular formula is C18H33IN4S. The van der Waals surface area contributed by atoms with Crippen LogP contribution < -0.4 is 5.32 Å². The van der Waals surface area contributed by atoms with Crippen molar-refractivity contribution in [3.8, 4) is 0 Å². The van der Waals surface area contributed by atoms with Gasteiger partial charge < -0.3 is 10.2 Å². The maximum atomic E-state index is 4.42. The first-order valence-corrected chi connectivity index (χ1v) is 9.77. The van der Waals surface area contributed by atoms with Gasteiger partial charge in [0.25, 0.3) is 0 Å². The molecule has 1 aliphatic heterocycles. The zero-order valence-corrected chi connectivity index (χ0v) is 18.5. The van der Waals surface area contributed by atoms with Crippen LogP contribution in [-0.4, -0.2) is 56.0 Å². The fraction of sp³-hybridized carbons (Fsp3) is 0.722. The zero-order valence-electron chi connectivity index (χ0n) is 15.3. The number of guanidine groups is 1. The molecule has 0 radical (unpaired) electrons. The zero-order chi connectivity index (χ0) is 16.5. The fourth-order valence-corrected chi connectivity index (χ4v) is 3.95. The van der Waals surface area contributed by atoms with E-state index in [4.69, 9.17) is 0 Å². The number of rotatable bonds is 7. The van der Waals surface area contributed by atoms with Gasteiger partial charge in [0.05, 0.1) is 0 Å². The summed E-state index contributed by atoms with van der Waals surface area (Å²) in [6.45, 7) is 7.88. The molecule has 0 spiro atoms. The second kappa shape index (κ2) is 12.1. The normalized spacial score (nSPS) is 19.0. The van der Waals surface area contributed by atoms with Crippen molar-refractivity contribution >= 4 is 41.3 Å². The van der Waals surface area contributed by atoms with Gasteiger partial charge in [-0.15, -0.1) is 35.3 Å². The van der Waals surface area contributed by atoms with Crippen molar-refractivity contribution in [2.45, 2.75) is 39.2 Å². The van der Waals surface area contributed by atoms with Gasteiger partial charge in [-0.3, -0.25) is 9.89 Å². The monoisotopic (exact) mass is 464 g/mol. The van der Waals surface area contributed by atoms with Crippen molar-refractivity contribution in [1.29, 1.82) is 0 Å². The van der Waals surface area contributed by atoms with Crippen molar-refractivity contribution in [3.63, 3.8) is 0 Å². The van der Waals surface area contributed by atoms with Crippen molar-refractivity contribution < 1.29 is 0 Å². The summed E-state index contributed by atoms with van der Waals surface area (Å²) in [6.07, 6.45) is 5.07. The summed E-state index contributed by atoms with van der Waals surface area (Å²) in [5.41, 5.74) is 0. The number of aliphatic imine (C=N–C) groups is 1. The molecule has 1 fully saturated rings. The average molecular weight is 464 g/mol. The van der Waals surface area contributed by atoms with Crippen LogP contribution in [0.1, 0.15) is 37.5 Å². The lowest BCUT2D eigenvalue weighted by molar-refractivity contribution is 0.169. The first-order chi connectivity index (χ1) is 11.2. The molecule has 1 atom stereocenters. The molecule has 2 heterocycles. The number of halogens is 1. The largest absolute Gasteiger partial charge is 0.356 e. The van der Waals surface area contributed by atoms with Crippen LogP contribution in [0, 0.1) is 5.92 Å². The Hall–Kier alpha value is -0.340. The van der Waals surface area contributed by atoms with Gasteiger partial charge in [0.2, 0.25) is 0 Å². The predicted octanol–water partition coefficient (Wildman–Crippen LogP) is 3.89. The minimum atomic E-state index is 0. The molecule has 1 aromatic heterocycles. The number of piperidine rings is 1. The van der Waals surface area contributed by atoms with Crippen LogP contribution >= 0.6 is 35.3 Å². The Morgan fingerprint density at radius 2 is 2.33 bits per heavy atom. The third-order valence-electron chi connectivity index (χ3n) is 4.53. The Balaban J connectivity index is 0.00000288. The standard InChI is InChI=1S/C18H32N4S.HI/c1-4-5-10-21(3)18(19-2)20-13-16-8-6-11-22(14-16)15-17-9-7-12-23-17;/h7,9,12,16H,4-6,8,10-11,13-15H2,1-3H3,(H,19,20);1H. The van der Waals surface area contributed by atoms with E-state index in [0.29, 0.717) is 0 Å². The number of likely N-dealkylation sites (tertiary alicyclic amines) is 1. The third-order valence-corrected chi connectivity index (χ3v) is 5.39. The summed E-state index contributed by atoms with van der Waals surface area (Å²) >= 11 is 1.87. The Kier molecular flexibility index (Phi) is 10.9. The van der Waals surface area contributed by atoms with Gasteiger partial charge in [-0.05, 0) is 43.2 Å². The van der Waals surface area contributed by atoms with E-state index in [2.05, 4.69) is 51.6 Å². The predicted molar refractivity (Wildman–Crippen MR) is 117 cm³/mol. The number of thiophene rings is 1. The molecule has 1 aromatic rings. The molecule has 1 N–H and O–H groups in total. The highest BCUT2D eigenvalue weighted by Gasteiger charge is 2.20. The Morgan fingerprint density at radius 1 is 1.50 bits per heavy atom. The maximum absolute atomic E-state index is 4.42. The van der Waals surface area contributed by atoms with Crippen molar-refractivity contribution in [2.24, 2.45) is 10.9 Å². The molecule has 1 saturated heterocycles. The summed E-state index contributed by atoms with van der Waals surface area (Å²) in [5, 5.41) is 5.75. The van der Waals surface area contributed by atoms with E-state index < -0.39 is 0 Å². The maximum Gasteiger partial charge on any atom is 0.193 e. The lowest BCUT2D eigenvalue weighted by atomic mass is 9.98.